The number of rotatable bonds is 9. The molecule has 9 nitrogen and oxygen atoms in total. The average Bonchev–Trinajstić information content (AvgIpc) is 3.45. The van der Waals surface area contributed by atoms with Crippen LogP contribution in [-0.2, 0) is 32.7 Å². The largest absolute Gasteiger partial charge is 0.459 e. The summed E-state index contributed by atoms with van der Waals surface area (Å²) in [4.78, 5) is 24.8. The van der Waals surface area contributed by atoms with Crippen molar-refractivity contribution < 1.29 is 22.4 Å². The van der Waals surface area contributed by atoms with Crippen LogP contribution in [-0.4, -0.2) is 30.8 Å². The van der Waals surface area contributed by atoms with E-state index < -0.39 is 21.8 Å². The highest BCUT2D eigenvalue weighted by Crippen LogP contribution is 2.24. The van der Waals surface area contributed by atoms with Crippen molar-refractivity contribution >= 4 is 56.1 Å². The number of nitrogens with one attached hydrogen (secondary N) is 2. The van der Waals surface area contributed by atoms with Gasteiger partial charge < -0.3 is 9.73 Å². The van der Waals surface area contributed by atoms with E-state index in [9.17, 15) is 18.0 Å². The van der Waals surface area contributed by atoms with Crippen LogP contribution in [0.3, 0.4) is 0 Å². The molecule has 4 aromatic carbocycles. The molecule has 0 radical (unpaired) electrons. The molecule has 5 aromatic rings. The third-order valence-electron chi connectivity index (χ3n) is 6.27. The molecule has 0 atom stereocenters. The first-order valence-corrected chi connectivity index (χ1v) is 14.6. The van der Waals surface area contributed by atoms with E-state index in [0.29, 0.717) is 16.5 Å². The molecule has 0 saturated carbocycles. The number of amides is 2. The lowest BCUT2D eigenvalue weighted by Gasteiger charge is -2.21. The third kappa shape index (κ3) is 6.92. The minimum absolute atomic E-state index is 0.0620. The van der Waals surface area contributed by atoms with E-state index in [2.05, 4.69) is 15.8 Å². The molecule has 0 aliphatic carbocycles. The Balaban J connectivity index is 1.25. The molecule has 2 N–H and O–H groups in total. The molecule has 1 heterocycles. The van der Waals surface area contributed by atoms with Crippen molar-refractivity contribution in [1.82, 2.24) is 9.73 Å². The maximum absolute atomic E-state index is 13.5. The Morgan fingerprint density at radius 2 is 1.52 bits per heavy atom. The third-order valence-corrected chi connectivity index (χ3v) is 8.33. The van der Waals surface area contributed by atoms with Crippen LogP contribution in [0.1, 0.15) is 17.1 Å². The van der Waals surface area contributed by atoms with Gasteiger partial charge in [-0.1, -0.05) is 78.3 Å². The first-order valence-electron chi connectivity index (χ1n) is 12.8. The lowest BCUT2D eigenvalue weighted by molar-refractivity contribution is -0.136. The number of carbonyl (C=O) groups excluding carboxylic acids is 2. The number of fused-ring (bicyclic) bond motifs is 1. The molecule has 0 aliphatic heterocycles. The molecular weight excluding hydrogens is 576 g/mol. The summed E-state index contributed by atoms with van der Waals surface area (Å²) in [5, 5.41) is 8.55. The molecule has 0 saturated heterocycles. The number of sulfonamides is 1. The summed E-state index contributed by atoms with van der Waals surface area (Å²) in [5.41, 5.74) is 3.47. The van der Waals surface area contributed by atoms with Gasteiger partial charge in [-0.05, 0) is 53.4 Å². The van der Waals surface area contributed by atoms with E-state index >= 15 is 0 Å². The van der Waals surface area contributed by atoms with Gasteiger partial charge in [-0.3, -0.25) is 9.59 Å². The summed E-state index contributed by atoms with van der Waals surface area (Å²) >= 11 is 5.96. The van der Waals surface area contributed by atoms with E-state index in [1.807, 2.05) is 60.7 Å². The number of anilines is 1. The number of halogens is 1. The molecule has 0 unspecified atom stereocenters. The van der Waals surface area contributed by atoms with Crippen molar-refractivity contribution in [2.24, 2.45) is 5.10 Å². The average molecular weight is 601 g/mol. The standard InChI is InChI=1S/C31H25ClN4O5S/c32-24-13-17-27(18-14-24)42(39,40)36(20-22-7-2-1-3-8-22)21-26-16-15-25(41-26)19-33-35-31(38)30(37)34-29-12-6-10-23-9-4-5-11-28(23)29/h1-19H,20-21H2,(H,34,37)(H,35,38)/b33-19+. The summed E-state index contributed by atoms with van der Waals surface area (Å²) in [6.45, 7) is 0.0469. The minimum Gasteiger partial charge on any atom is -0.459 e. The highest BCUT2D eigenvalue weighted by molar-refractivity contribution is 7.89. The van der Waals surface area contributed by atoms with Crippen LogP contribution in [0.5, 0.6) is 0 Å². The fourth-order valence-electron chi connectivity index (χ4n) is 4.21. The van der Waals surface area contributed by atoms with Crippen LogP contribution in [0.25, 0.3) is 10.8 Å². The number of hydrazone groups is 1. The zero-order chi connectivity index (χ0) is 29.5. The molecule has 2 amide bonds. The fourth-order valence-corrected chi connectivity index (χ4v) is 5.73. The van der Waals surface area contributed by atoms with Gasteiger partial charge in [-0.15, -0.1) is 0 Å². The second kappa shape index (κ2) is 12.8. The van der Waals surface area contributed by atoms with Gasteiger partial charge in [0.05, 0.1) is 17.7 Å². The molecule has 0 fully saturated rings. The number of hydrogen-bond donors (Lipinski definition) is 2. The molecular formula is C31H25ClN4O5S. The summed E-state index contributed by atoms with van der Waals surface area (Å²) < 4.78 is 34.1. The van der Waals surface area contributed by atoms with Crippen LogP contribution in [0.4, 0.5) is 5.69 Å². The van der Waals surface area contributed by atoms with Crippen molar-refractivity contribution in [1.29, 1.82) is 0 Å². The van der Waals surface area contributed by atoms with Crippen LogP contribution >= 0.6 is 11.6 Å². The van der Waals surface area contributed by atoms with Crippen molar-refractivity contribution in [2.75, 3.05) is 5.32 Å². The zero-order valence-electron chi connectivity index (χ0n) is 22.1. The SMILES string of the molecule is O=C(N/N=C/c1ccc(CN(Cc2ccccc2)S(=O)(=O)c2ccc(Cl)cc2)o1)C(=O)Nc1cccc2ccccc12. The van der Waals surface area contributed by atoms with Crippen molar-refractivity contribution in [3.8, 4) is 0 Å². The van der Waals surface area contributed by atoms with Crippen LogP contribution in [0.15, 0.2) is 124 Å². The van der Waals surface area contributed by atoms with Gasteiger partial charge in [0.15, 0.2) is 0 Å². The van der Waals surface area contributed by atoms with E-state index in [4.69, 9.17) is 16.0 Å². The van der Waals surface area contributed by atoms with E-state index in [0.717, 1.165) is 16.3 Å². The van der Waals surface area contributed by atoms with E-state index in [1.54, 1.807) is 24.3 Å². The Labute approximate surface area is 247 Å². The number of hydrogen-bond acceptors (Lipinski definition) is 6. The van der Waals surface area contributed by atoms with Gasteiger partial charge >= 0.3 is 11.8 Å². The normalized spacial score (nSPS) is 11.7. The predicted octanol–water partition coefficient (Wildman–Crippen LogP) is 5.57. The number of furan rings is 1. The molecule has 0 aliphatic rings. The number of nitrogens with zero attached hydrogens (tertiary/aromatic N) is 2. The fraction of sp³-hybridized carbons (Fsp3) is 0.0645. The monoisotopic (exact) mass is 600 g/mol. The van der Waals surface area contributed by atoms with Gasteiger partial charge in [-0.25, -0.2) is 13.8 Å². The highest BCUT2D eigenvalue weighted by atomic mass is 35.5. The number of carbonyl (C=O) groups is 2. The maximum atomic E-state index is 13.5. The molecule has 1 aromatic heterocycles. The smallest absolute Gasteiger partial charge is 0.329 e. The molecule has 0 spiro atoms. The second-order valence-electron chi connectivity index (χ2n) is 9.20. The Morgan fingerprint density at radius 3 is 2.31 bits per heavy atom. The topological polar surface area (TPSA) is 121 Å². The van der Waals surface area contributed by atoms with Gasteiger partial charge in [-0.2, -0.15) is 9.41 Å². The van der Waals surface area contributed by atoms with Crippen LogP contribution < -0.4 is 10.7 Å². The van der Waals surface area contributed by atoms with Gasteiger partial charge in [0.1, 0.15) is 11.5 Å². The van der Waals surface area contributed by atoms with Crippen molar-refractivity contribution in [3.63, 3.8) is 0 Å². The van der Waals surface area contributed by atoms with Crippen molar-refractivity contribution in [2.45, 2.75) is 18.0 Å². The molecule has 5 rings (SSSR count). The first-order chi connectivity index (χ1) is 20.3. The summed E-state index contributed by atoms with van der Waals surface area (Å²) in [6.07, 6.45) is 1.22. The van der Waals surface area contributed by atoms with Crippen LogP contribution in [0, 0.1) is 0 Å². The lowest BCUT2D eigenvalue weighted by atomic mass is 10.1. The molecule has 212 valence electrons. The van der Waals surface area contributed by atoms with Crippen molar-refractivity contribution in [3.05, 3.63) is 131 Å². The Hall–Kier alpha value is -4.77. The Kier molecular flexibility index (Phi) is 8.77. The summed E-state index contributed by atoms with van der Waals surface area (Å²) in [5.74, 6) is -1.24. The van der Waals surface area contributed by atoms with Gasteiger partial charge in [0, 0.05) is 22.6 Å². The molecule has 42 heavy (non-hydrogen) atoms. The number of benzene rings is 4. The molecule has 11 heteroatoms. The summed E-state index contributed by atoms with van der Waals surface area (Å²) in [6, 6.07) is 31.2. The van der Waals surface area contributed by atoms with E-state index in [-0.39, 0.29) is 23.7 Å². The first kappa shape index (κ1) is 28.7. The van der Waals surface area contributed by atoms with Crippen LogP contribution in [0.2, 0.25) is 5.02 Å². The van der Waals surface area contributed by atoms with Gasteiger partial charge in [0.2, 0.25) is 10.0 Å². The maximum Gasteiger partial charge on any atom is 0.329 e. The summed E-state index contributed by atoms with van der Waals surface area (Å²) in [7, 11) is -3.90. The Morgan fingerprint density at radius 1 is 0.810 bits per heavy atom. The Bertz CT molecular complexity index is 1850. The quantitative estimate of drug-likeness (QED) is 0.130. The highest BCUT2D eigenvalue weighted by Gasteiger charge is 2.26. The van der Waals surface area contributed by atoms with Gasteiger partial charge in [0.25, 0.3) is 0 Å². The van der Waals surface area contributed by atoms with E-state index in [1.165, 1.54) is 34.8 Å². The molecule has 0 bridgehead atoms. The zero-order valence-corrected chi connectivity index (χ0v) is 23.7. The minimum atomic E-state index is -3.90. The second-order valence-corrected chi connectivity index (χ2v) is 11.6. The predicted molar refractivity (Wildman–Crippen MR) is 161 cm³/mol. The lowest BCUT2D eigenvalue weighted by Crippen LogP contribution is -2.32.